The van der Waals surface area contributed by atoms with Crippen molar-refractivity contribution in [2.24, 2.45) is 4.99 Å². The van der Waals surface area contributed by atoms with E-state index in [9.17, 15) is 4.79 Å². The van der Waals surface area contributed by atoms with Gasteiger partial charge in [-0.1, -0.05) is 49.4 Å². The molecule has 1 aliphatic rings. The Hall–Kier alpha value is -2.99. The third kappa shape index (κ3) is 5.20. The van der Waals surface area contributed by atoms with E-state index in [2.05, 4.69) is 13.5 Å². The molecule has 3 rings (SSSR count). The van der Waals surface area contributed by atoms with Crippen LogP contribution in [0.5, 0.6) is 11.5 Å². The Morgan fingerprint density at radius 2 is 1.97 bits per heavy atom. The molecule has 0 N–H and O–H groups in total. The molecule has 1 saturated heterocycles. The Morgan fingerprint density at radius 1 is 1.23 bits per heavy atom. The van der Waals surface area contributed by atoms with E-state index in [0.29, 0.717) is 28.2 Å². The Morgan fingerprint density at radius 3 is 2.61 bits per heavy atom. The summed E-state index contributed by atoms with van der Waals surface area (Å²) in [6, 6.07) is 13.6. The summed E-state index contributed by atoms with van der Waals surface area (Å²) >= 11 is 1.38. The van der Waals surface area contributed by atoms with Gasteiger partial charge in [0.15, 0.2) is 16.7 Å². The van der Waals surface area contributed by atoms with Gasteiger partial charge in [-0.25, -0.2) is 4.99 Å². The molecule has 6 heteroatoms. The highest BCUT2D eigenvalue weighted by molar-refractivity contribution is 8.18. The van der Waals surface area contributed by atoms with Crippen molar-refractivity contribution in [3.05, 3.63) is 71.2 Å². The van der Waals surface area contributed by atoms with E-state index in [1.54, 1.807) is 18.1 Å². The highest BCUT2D eigenvalue weighted by Gasteiger charge is 2.36. The summed E-state index contributed by atoms with van der Waals surface area (Å²) in [6.07, 6.45) is 4.36. The quantitative estimate of drug-likeness (QED) is 0.378. The fraction of sp³-hybridized carbons (Fsp3) is 0.280. The van der Waals surface area contributed by atoms with Crippen molar-refractivity contribution < 1.29 is 14.3 Å². The fourth-order valence-electron chi connectivity index (χ4n) is 3.11. The smallest absolute Gasteiger partial charge is 0.267 e. The SMILES string of the molecule is C=CCOc1c(/C=C2/SC(=Nc3ccc(C)cc3)N([C@H](C)CC)C2=O)cccc1OC. The van der Waals surface area contributed by atoms with Crippen molar-refractivity contribution in [1.82, 2.24) is 4.90 Å². The molecule has 1 aliphatic heterocycles. The minimum absolute atomic E-state index is 0.0388. The van der Waals surface area contributed by atoms with Crippen LogP contribution in [0.1, 0.15) is 31.4 Å². The van der Waals surface area contributed by atoms with Gasteiger partial charge in [0.25, 0.3) is 5.91 Å². The van der Waals surface area contributed by atoms with Crippen molar-refractivity contribution in [1.29, 1.82) is 0 Å². The summed E-state index contributed by atoms with van der Waals surface area (Å²) in [5.41, 5.74) is 2.77. The van der Waals surface area contributed by atoms with Crippen LogP contribution < -0.4 is 9.47 Å². The van der Waals surface area contributed by atoms with Crippen LogP contribution in [-0.2, 0) is 4.79 Å². The van der Waals surface area contributed by atoms with Crippen LogP contribution in [0.15, 0.2) is 65.0 Å². The number of hydrogen-bond acceptors (Lipinski definition) is 5. The monoisotopic (exact) mass is 436 g/mol. The number of carbonyl (C=O) groups is 1. The topological polar surface area (TPSA) is 51.1 Å². The maximum Gasteiger partial charge on any atom is 0.267 e. The van der Waals surface area contributed by atoms with Crippen molar-refractivity contribution in [3.63, 3.8) is 0 Å². The van der Waals surface area contributed by atoms with Crippen LogP contribution in [0.4, 0.5) is 5.69 Å². The number of amides is 1. The van der Waals surface area contributed by atoms with E-state index < -0.39 is 0 Å². The van der Waals surface area contributed by atoms with Gasteiger partial charge in [-0.3, -0.25) is 9.69 Å². The number of amidine groups is 1. The van der Waals surface area contributed by atoms with Crippen LogP contribution in [0.2, 0.25) is 0 Å². The average molecular weight is 437 g/mol. The largest absolute Gasteiger partial charge is 0.493 e. The van der Waals surface area contributed by atoms with E-state index in [1.165, 1.54) is 17.3 Å². The molecule has 1 fully saturated rings. The van der Waals surface area contributed by atoms with Crippen LogP contribution >= 0.6 is 11.8 Å². The number of carbonyl (C=O) groups excluding carboxylic acids is 1. The van der Waals surface area contributed by atoms with E-state index in [4.69, 9.17) is 14.5 Å². The minimum Gasteiger partial charge on any atom is -0.493 e. The molecule has 162 valence electrons. The summed E-state index contributed by atoms with van der Waals surface area (Å²) in [5.74, 6) is 1.14. The molecule has 0 unspecified atom stereocenters. The van der Waals surface area contributed by atoms with Gasteiger partial charge >= 0.3 is 0 Å². The van der Waals surface area contributed by atoms with Crippen molar-refractivity contribution >= 4 is 34.6 Å². The summed E-state index contributed by atoms with van der Waals surface area (Å²) in [6.45, 7) is 10.2. The maximum atomic E-state index is 13.3. The molecule has 0 aromatic heterocycles. The van der Waals surface area contributed by atoms with E-state index in [1.807, 2.05) is 62.4 Å². The summed E-state index contributed by atoms with van der Waals surface area (Å²) in [4.78, 5) is 20.5. The van der Waals surface area contributed by atoms with Crippen LogP contribution in [0.25, 0.3) is 6.08 Å². The Balaban J connectivity index is 2.02. The summed E-state index contributed by atoms with van der Waals surface area (Å²) < 4.78 is 11.3. The molecule has 1 amide bonds. The Labute approximate surface area is 188 Å². The number of nitrogens with zero attached hydrogens (tertiary/aromatic N) is 2. The summed E-state index contributed by atoms with van der Waals surface area (Å²) in [5, 5.41) is 0.686. The number of methoxy groups -OCH3 is 1. The lowest BCUT2D eigenvalue weighted by Gasteiger charge is -2.22. The van der Waals surface area contributed by atoms with Gasteiger partial charge in [-0.05, 0) is 56.3 Å². The number of aryl methyl sites for hydroxylation is 1. The molecule has 1 atom stereocenters. The van der Waals surface area contributed by atoms with E-state index in [-0.39, 0.29) is 11.9 Å². The van der Waals surface area contributed by atoms with Crippen molar-refractivity contribution in [2.75, 3.05) is 13.7 Å². The molecule has 1 heterocycles. The number of benzene rings is 2. The van der Waals surface area contributed by atoms with Crippen molar-refractivity contribution in [3.8, 4) is 11.5 Å². The zero-order chi connectivity index (χ0) is 22.4. The molecule has 2 aromatic rings. The summed E-state index contributed by atoms with van der Waals surface area (Å²) in [7, 11) is 1.60. The average Bonchev–Trinajstić information content (AvgIpc) is 3.08. The molecule has 0 aliphatic carbocycles. The fourth-order valence-corrected chi connectivity index (χ4v) is 4.19. The van der Waals surface area contributed by atoms with Gasteiger partial charge < -0.3 is 9.47 Å². The second kappa shape index (κ2) is 10.4. The molecular weight excluding hydrogens is 408 g/mol. The Kier molecular flexibility index (Phi) is 7.58. The first-order chi connectivity index (χ1) is 15.0. The molecule has 0 spiro atoms. The number of para-hydroxylation sites is 1. The number of thioether (sulfide) groups is 1. The van der Waals surface area contributed by atoms with Gasteiger partial charge in [-0.15, -0.1) is 0 Å². The van der Waals surface area contributed by atoms with Gasteiger partial charge in [0.2, 0.25) is 0 Å². The first-order valence-electron chi connectivity index (χ1n) is 10.3. The van der Waals surface area contributed by atoms with Crippen LogP contribution in [0, 0.1) is 6.92 Å². The van der Waals surface area contributed by atoms with Gasteiger partial charge in [0.05, 0.1) is 17.7 Å². The molecule has 2 aromatic carbocycles. The molecule has 0 saturated carbocycles. The number of aliphatic imine (C=N–C) groups is 1. The first-order valence-corrected chi connectivity index (χ1v) is 11.1. The highest BCUT2D eigenvalue weighted by Crippen LogP contribution is 2.39. The lowest BCUT2D eigenvalue weighted by atomic mass is 10.1. The maximum absolute atomic E-state index is 13.3. The van der Waals surface area contributed by atoms with Gasteiger partial charge in [0, 0.05) is 11.6 Å². The minimum atomic E-state index is -0.0531. The predicted octanol–water partition coefficient (Wildman–Crippen LogP) is 5.97. The zero-order valence-electron chi connectivity index (χ0n) is 18.4. The third-order valence-electron chi connectivity index (χ3n) is 4.99. The molecule has 0 radical (unpaired) electrons. The Bertz CT molecular complexity index is 1010. The third-order valence-corrected chi connectivity index (χ3v) is 5.97. The van der Waals surface area contributed by atoms with E-state index >= 15 is 0 Å². The number of ether oxygens (including phenoxy) is 2. The second-order valence-corrected chi connectivity index (χ2v) is 8.26. The first kappa shape index (κ1) is 22.7. The predicted molar refractivity (Wildman–Crippen MR) is 129 cm³/mol. The van der Waals surface area contributed by atoms with Gasteiger partial charge in [0.1, 0.15) is 6.61 Å². The van der Waals surface area contributed by atoms with Crippen LogP contribution in [0.3, 0.4) is 0 Å². The van der Waals surface area contributed by atoms with Gasteiger partial charge in [-0.2, -0.15) is 0 Å². The van der Waals surface area contributed by atoms with E-state index in [0.717, 1.165) is 17.7 Å². The van der Waals surface area contributed by atoms with Crippen molar-refractivity contribution in [2.45, 2.75) is 33.2 Å². The lowest BCUT2D eigenvalue weighted by Crippen LogP contribution is -2.36. The van der Waals surface area contributed by atoms with Crippen LogP contribution in [-0.4, -0.2) is 35.7 Å². The number of hydrogen-bond donors (Lipinski definition) is 0. The molecule has 5 nitrogen and oxygen atoms in total. The normalized spacial score (nSPS) is 17.3. The highest BCUT2D eigenvalue weighted by atomic mass is 32.2. The number of rotatable bonds is 8. The second-order valence-electron chi connectivity index (χ2n) is 7.25. The standard InChI is InChI=1S/C25H28N2O3S/c1-6-15-30-23-19(9-8-10-21(23)29-5)16-22-24(28)27(18(4)7-2)25(31-22)26-20-13-11-17(3)12-14-20/h6,8-14,16,18H,1,7,15H2,2-5H3/b22-16+,26-25?/t18-/m1/s1. The molecule has 0 bridgehead atoms. The molecule has 31 heavy (non-hydrogen) atoms. The zero-order valence-corrected chi connectivity index (χ0v) is 19.2. The lowest BCUT2D eigenvalue weighted by molar-refractivity contribution is -0.123. The molecular formula is C25H28N2O3S.